The van der Waals surface area contributed by atoms with E-state index in [0.717, 1.165) is 6.07 Å². The van der Waals surface area contributed by atoms with E-state index < -0.39 is 29.0 Å². The number of benzene rings is 2. The number of carbonyl (C=O) groups excluding carboxylic acids is 1. The molecule has 140 valence electrons. The minimum Gasteiger partial charge on any atom is -0.339 e. The Kier molecular flexibility index (Phi) is 5.22. The maximum atomic E-state index is 13.8. The van der Waals surface area contributed by atoms with E-state index in [-0.39, 0.29) is 17.3 Å². The topological polar surface area (TPSA) is 90.7 Å². The highest BCUT2D eigenvalue weighted by atomic mass is 19.2. The highest BCUT2D eigenvalue weighted by Crippen LogP contribution is 2.22. The summed E-state index contributed by atoms with van der Waals surface area (Å²) in [4.78, 5) is 20.5. The second kappa shape index (κ2) is 7.75. The summed E-state index contributed by atoms with van der Waals surface area (Å²) >= 11 is 0. The van der Waals surface area contributed by atoms with Gasteiger partial charge in [0.25, 0.3) is 5.91 Å². The molecule has 0 radical (unpaired) electrons. The summed E-state index contributed by atoms with van der Waals surface area (Å²) in [5.41, 5.74) is 0.188. The van der Waals surface area contributed by atoms with Gasteiger partial charge in [-0.25, -0.2) is 23.1 Å². The molecule has 0 unspecified atom stereocenters. The van der Waals surface area contributed by atoms with Crippen molar-refractivity contribution in [2.45, 2.75) is 6.92 Å². The zero-order chi connectivity index (χ0) is 20.3. The van der Waals surface area contributed by atoms with Crippen LogP contribution < -0.4 is 10.6 Å². The molecule has 0 aliphatic heterocycles. The summed E-state index contributed by atoms with van der Waals surface area (Å²) in [6.45, 7) is 1.54. The Bertz CT molecular complexity index is 1110. The van der Waals surface area contributed by atoms with Crippen LogP contribution in [-0.2, 0) is 0 Å². The maximum Gasteiger partial charge on any atom is 0.274 e. The molecule has 6 nitrogen and oxygen atoms in total. The second-order valence-electron chi connectivity index (χ2n) is 5.65. The molecule has 1 aromatic heterocycles. The minimum atomic E-state index is -1.69. The van der Waals surface area contributed by atoms with E-state index in [1.165, 1.54) is 13.0 Å². The number of nitrogens with zero attached hydrogens (tertiary/aromatic N) is 3. The van der Waals surface area contributed by atoms with Crippen molar-refractivity contribution in [3.8, 4) is 6.07 Å². The zero-order valence-corrected chi connectivity index (χ0v) is 14.4. The standard InChI is InChI=1S/C19H12F3N5O/c1-10-24-15(19(28)27-14-7-6-12(20)17(21)18(14)22)8-16(25-10)26-13-5-3-2-4-11(13)9-23/h2-8H,1H3,(H,27,28)(H,24,25,26). The van der Waals surface area contributed by atoms with Crippen LogP contribution in [0.15, 0.2) is 42.5 Å². The smallest absolute Gasteiger partial charge is 0.274 e. The third kappa shape index (κ3) is 3.91. The second-order valence-corrected chi connectivity index (χ2v) is 5.65. The summed E-state index contributed by atoms with van der Waals surface area (Å²) in [6.07, 6.45) is 0. The van der Waals surface area contributed by atoms with E-state index in [0.29, 0.717) is 17.3 Å². The molecule has 0 saturated heterocycles. The lowest BCUT2D eigenvalue weighted by Gasteiger charge is -2.10. The number of nitrogens with one attached hydrogen (secondary N) is 2. The molecule has 0 aliphatic rings. The van der Waals surface area contributed by atoms with Crippen LogP contribution in [-0.4, -0.2) is 15.9 Å². The number of anilines is 3. The van der Waals surface area contributed by atoms with Gasteiger partial charge in [0.05, 0.1) is 16.9 Å². The Hall–Kier alpha value is -3.93. The molecule has 0 spiro atoms. The van der Waals surface area contributed by atoms with Gasteiger partial charge in [-0.15, -0.1) is 0 Å². The van der Waals surface area contributed by atoms with Gasteiger partial charge in [-0.05, 0) is 31.2 Å². The third-order valence-electron chi connectivity index (χ3n) is 3.66. The molecule has 0 bridgehead atoms. The van der Waals surface area contributed by atoms with E-state index >= 15 is 0 Å². The first-order chi connectivity index (χ1) is 13.4. The van der Waals surface area contributed by atoms with Crippen molar-refractivity contribution in [1.29, 1.82) is 5.26 Å². The number of halogens is 3. The first-order valence-electron chi connectivity index (χ1n) is 7.95. The fourth-order valence-electron chi connectivity index (χ4n) is 2.38. The van der Waals surface area contributed by atoms with E-state index in [1.54, 1.807) is 24.3 Å². The molecule has 2 aromatic carbocycles. The number of amides is 1. The fourth-order valence-corrected chi connectivity index (χ4v) is 2.38. The SMILES string of the molecule is Cc1nc(Nc2ccccc2C#N)cc(C(=O)Nc2ccc(F)c(F)c2F)n1. The number of hydrogen-bond donors (Lipinski definition) is 2. The molecule has 2 N–H and O–H groups in total. The lowest BCUT2D eigenvalue weighted by molar-refractivity contribution is 0.102. The fraction of sp³-hybridized carbons (Fsp3) is 0.0526. The van der Waals surface area contributed by atoms with Gasteiger partial charge in [-0.3, -0.25) is 4.79 Å². The first kappa shape index (κ1) is 18.8. The summed E-state index contributed by atoms with van der Waals surface area (Å²) in [7, 11) is 0. The van der Waals surface area contributed by atoms with Crippen LogP contribution in [0, 0.1) is 35.7 Å². The van der Waals surface area contributed by atoms with Crippen molar-refractivity contribution in [3.63, 3.8) is 0 Å². The summed E-state index contributed by atoms with van der Waals surface area (Å²) in [5.74, 6) is -4.95. The van der Waals surface area contributed by atoms with Crippen LogP contribution in [0.4, 0.5) is 30.4 Å². The molecule has 3 rings (SSSR count). The van der Waals surface area contributed by atoms with Crippen molar-refractivity contribution in [1.82, 2.24) is 9.97 Å². The average molecular weight is 383 g/mol. The number of nitriles is 1. The van der Waals surface area contributed by atoms with Crippen LogP contribution in [0.5, 0.6) is 0 Å². The molecule has 0 fully saturated rings. The van der Waals surface area contributed by atoms with E-state index in [1.807, 2.05) is 6.07 Å². The quantitative estimate of drug-likeness (QED) is 0.663. The Morgan fingerprint density at radius 2 is 1.79 bits per heavy atom. The molecule has 0 aliphatic carbocycles. The maximum absolute atomic E-state index is 13.8. The molecule has 0 atom stereocenters. The summed E-state index contributed by atoms with van der Waals surface area (Å²) in [5, 5.41) is 14.2. The minimum absolute atomic E-state index is 0.131. The van der Waals surface area contributed by atoms with Gasteiger partial charge in [0, 0.05) is 6.07 Å². The Morgan fingerprint density at radius 1 is 1.04 bits per heavy atom. The van der Waals surface area contributed by atoms with Gasteiger partial charge < -0.3 is 10.6 Å². The summed E-state index contributed by atoms with van der Waals surface area (Å²) in [6, 6.07) is 11.6. The number of rotatable bonds is 4. The number of aromatic nitrogens is 2. The zero-order valence-electron chi connectivity index (χ0n) is 14.4. The molecule has 3 aromatic rings. The van der Waals surface area contributed by atoms with Crippen LogP contribution in [0.25, 0.3) is 0 Å². The first-order valence-corrected chi connectivity index (χ1v) is 7.95. The van der Waals surface area contributed by atoms with Crippen LogP contribution >= 0.6 is 0 Å². The monoisotopic (exact) mass is 383 g/mol. The predicted molar refractivity (Wildman–Crippen MR) is 95.5 cm³/mol. The van der Waals surface area contributed by atoms with E-state index in [9.17, 15) is 18.0 Å². The van der Waals surface area contributed by atoms with Crippen molar-refractivity contribution in [3.05, 3.63) is 77.0 Å². The van der Waals surface area contributed by atoms with Crippen LogP contribution in [0.1, 0.15) is 21.9 Å². The highest BCUT2D eigenvalue weighted by Gasteiger charge is 2.17. The molecule has 1 amide bonds. The molecule has 9 heteroatoms. The Balaban J connectivity index is 1.88. The van der Waals surface area contributed by atoms with Crippen molar-refractivity contribution in [2.75, 3.05) is 10.6 Å². The predicted octanol–water partition coefficient (Wildman–Crippen LogP) is 4.07. The van der Waals surface area contributed by atoms with Crippen molar-refractivity contribution < 1.29 is 18.0 Å². The Morgan fingerprint density at radius 3 is 2.54 bits per heavy atom. The van der Waals surface area contributed by atoms with Gasteiger partial charge >= 0.3 is 0 Å². The molecular weight excluding hydrogens is 371 g/mol. The number of hydrogen-bond acceptors (Lipinski definition) is 5. The van der Waals surface area contributed by atoms with Crippen LogP contribution in [0.3, 0.4) is 0 Å². The Labute approximate surface area is 157 Å². The van der Waals surface area contributed by atoms with Gasteiger partial charge in [0.1, 0.15) is 23.4 Å². The average Bonchev–Trinajstić information content (AvgIpc) is 2.68. The largest absolute Gasteiger partial charge is 0.339 e. The lowest BCUT2D eigenvalue weighted by atomic mass is 10.2. The number of carbonyl (C=O) groups is 1. The van der Waals surface area contributed by atoms with Gasteiger partial charge in [0.15, 0.2) is 17.5 Å². The van der Waals surface area contributed by atoms with Crippen LogP contribution in [0.2, 0.25) is 0 Å². The molecular formula is C19H12F3N5O. The number of para-hydroxylation sites is 1. The van der Waals surface area contributed by atoms with E-state index in [4.69, 9.17) is 5.26 Å². The van der Waals surface area contributed by atoms with Crippen molar-refractivity contribution in [2.24, 2.45) is 0 Å². The van der Waals surface area contributed by atoms with Gasteiger partial charge in [-0.1, -0.05) is 12.1 Å². The third-order valence-corrected chi connectivity index (χ3v) is 3.66. The molecule has 0 saturated carbocycles. The van der Waals surface area contributed by atoms with Gasteiger partial charge in [-0.2, -0.15) is 5.26 Å². The van der Waals surface area contributed by atoms with E-state index in [2.05, 4.69) is 20.6 Å². The number of aryl methyl sites for hydroxylation is 1. The lowest BCUT2D eigenvalue weighted by Crippen LogP contribution is -2.17. The summed E-state index contributed by atoms with van der Waals surface area (Å²) < 4.78 is 40.1. The molecule has 1 heterocycles. The highest BCUT2D eigenvalue weighted by molar-refractivity contribution is 6.03. The normalized spacial score (nSPS) is 10.2. The van der Waals surface area contributed by atoms with Gasteiger partial charge in [0.2, 0.25) is 0 Å². The molecule has 28 heavy (non-hydrogen) atoms. The van der Waals surface area contributed by atoms with Crippen molar-refractivity contribution >= 4 is 23.1 Å².